The van der Waals surface area contributed by atoms with Crippen molar-refractivity contribution in [2.75, 3.05) is 44.2 Å². The first-order chi connectivity index (χ1) is 12.4. The highest BCUT2D eigenvalue weighted by molar-refractivity contribution is 5.47. The molecule has 5 rings (SSSR count). The van der Waals surface area contributed by atoms with E-state index in [9.17, 15) is 0 Å². The summed E-state index contributed by atoms with van der Waals surface area (Å²) in [6.07, 6.45) is 10.9. The molecule has 6 nitrogen and oxygen atoms in total. The number of rotatable bonds is 3. The summed E-state index contributed by atoms with van der Waals surface area (Å²) in [5, 5.41) is 4.66. The zero-order valence-electron chi connectivity index (χ0n) is 14.9. The van der Waals surface area contributed by atoms with Crippen LogP contribution >= 0.6 is 0 Å². The number of nitrogens with zero attached hydrogens (tertiary/aromatic N) is 6. The van der Waals surface area contributed by atoms with E-state index in [4.69, 9.17) is 0 Å². The standard InChI is InChI=1S/C19H28N6/c1-2-4-16(5-3-1)22-10-12-23(13-11-22)17-14-24(15-17)19-7-6-18-20-8-9-25(18)21-19/h6-9,16-17H,1-5,10-15H2. The maximum atomic E-state index is 4.66. The molecule has 3 aliphatic rings. The van der Waals surface area contributed by atoms with Gasteiger partial charge in [0.2, 0.25) is 0 Å². The monoisotopic (exact) mass is 340 g/mol. The van der Waals surface area contributed by atoms with Gasteiger partial charge in [-0.2, -0.15) is 0 Å². The fourth-order valence-corrected chi connectivity index (χ4v) is 4.76. The van der Waals surface area contributed by atoms with Crippen LogP contribution < -0.4 is 4.90 Å². The molecule has 0 amide bonds. The molecule has 0 radical (unpaired) electrons. The molecule has 25 heavy (non-hydrogen) atoms. The Bertz CT molecular complexity index is 708. The fourth-order valence-electron chi connectivity index (χ4n) is 4.76. The molecule has 2 aromatic heterocycles. The van der Waals surface area contributed by atoms with Crippen molar-refractivity contribution in [2.24, 2.45) is 0 Å². The highest BCUT2D eigenvalue weighted by Gasteiger charge is 2.35. The number of anilines is 1. The minimum Gasteiger partial charge on any atom is -0.352 e. The van der Waals surface area contributed by atoms with Crippen LogP contribution in [0.25, 0.3) is 5.65 Å². The Balaban J connectivity index is 1.13. The van der Waals surface area contributed by atoms with Crippen molar-refractivity contribution in [3.63, 3.8) is 0 Å². The largest absolute Gasteiger partial charge is 0.352 e. The van der Waals surface area contributed by atoms with Gasteiger partial charge in [-0.15, -0.1) is 5.10 Å². The van der Waals surface area contributed by atoms with E-state index >= 15 is 0 Å². The summed E-state index contributed by atoms with van der Waals surface area (Å²) in [6.45, 7) is 7.22. The van der Waals surface area contributed by atoms with Crippen LogP contribution in [0.4, 0.5) is 5.82 Å². The molecule has 0 spiro atoms. The molecule has 134 valence electrons. The second-order valence-corrected chi connectivity index (χ2v) is 7.84. The van der Waals surface area contributed by atoms with Gasteiger partial charge in [0.15, 0.2) is 5.65 Å². The first-order valence-corrected chi connectivity index (χ1v) is 9.90. The van der Waals surface area contributed by atoms with Gasteiger partial charge in [0, 0.05) is 63.7 Å². The first-order valence-electron chi connectivity index (χ1n) is 9.90. The summed E-state index contributed by atoms with van der Waals surface area (Å²) < 4.78 is 1.87. The Hall–Kier alpha value is -1.66. The minimum absolute atomic E-state index is 0.703. The Kier molecular flexibility index (Phi) is 4.10. The van der Waals surface area contributed by atoms with Crippen LogP contribution in [0.5, 0.6) is 0 Å². The minimum atomic E-state index is 0.703. The number of piperazine rings is 1. The van der Waals surface area contributed by atoms with E-state index in [2.05, 4.69) is 36.9 Å². The summed E-state index contributed by atoms with van der Waals surface area (Å²) in [4.78, 5) is 12.1. The van der Waals surface area contributed by atoms with Gasteiger partial charge in [-0.05, 0) is 25.0 Å². The molecule has 4 heterocycles. The molecule has 1 aliphatic carbocycles. The van der Waals surface area contributed by atoms with E-state index in [-0.39, 0.29) is 0 Å². The lowest BCUT2D eigenvalue weighted by Crippen LogP contribution is -2.64. The predicted molar refractivity (Wildman–Crippen MR) is 99.0 cm³/mol. The van der Waals surface area contributed by atoms with Crippen LogP contribution in [-0.2, 0) is 0 Å². The predicted octanol–water partition coefficient (Wildman–Crippen LogP) is 1.87. The van der Waals surface area contributed by atoms with Gasteiger partial charge in [0.25, 0.3) is 0 Å². The SMILES string of the molecule is c1cn2nc(N3CC(N4CCN(C5CCCCC5)CC4)C3)ccc2n1. The second kappa shape index (κ2) is 6.57. The third-order valence-electron chi connectivity index (χ3n) is 6.38. The molecule has 0 aromatic carbocycles. The Morgan fingerprint density at radius 1 is 0.840 bits per heavy atom. The number of fused-ring (bicyclic) bond motifs is 1. The van der Waals surface area contributed by atoms with Crippen molar-refractivity contribution >= 4 is 11.5 Å². The zero-order chi connectivity index (χ0) is 16.6. The Labute approximate surface area is 149 Å². The fraction of sp³-hybridized carbons (Fsp3) is 0.684. The van der Waals surface area contributed by atoms with Gasteiger partial charge >= 0.3 is 0 Å². The van der Waals surface area contributed by atoms with Crippen molar-refractivity contribution < 1.29 is 0 Å². The van der Waals surface area contributed by atoms with Crippen LogP contribution in [-0.4, -0.2) is 75.8 Å². The highest BCUT2D eigenvalue weighted by atomic mass is 15.4. The summed E-state index contributed by atoms with van der Waals surface area (Å²) in [5.41, 5.74) is 0.916. The van der Waals surface area contributed by atoms with Crippen LogP contribution in [0.15, 0.2) is 24.5 Å². The van der Waals surface area contributed by atoms with E-state index in [0.717, 1.165) is 30.6 Å². The molecule has 6 heteroatoms. The highest BCUT2D eigenvalue weighted by Crippen LogP contribution is 2.26. The van der Waals surface area contributed by atoms with Gasteiger partial charge in [-0.1, -0.05) is 19.3 Å². The molecule has 2 aliphatic heterocycles. The number of imidazole rings is 1. The molecule has 0 bridgehead atoms. The summed E-state index contributed by atoms with van der Waals surface area (Å²) >= 11 is 0. The maximum absolute atomic E-state index is 4.66. The number of aromatic nitrogens is 3. The van der Waals surface area contributed by atoms with Crippen molar-refractivity contribution in [3.8, 4) is 0 Å². The summed E-state index contributed by atoms with van der Waals surface area (Å²) in [5.74, 6) is 1.07. The van der Waals surface area contributed by atoms with Crippen molar-refractivity contribution in [1.82, 2.24) is 24.4 Å². The quantitative estimate of drug-likeness (QED) is 0.853. The molecule has 2 aromatic rings. The lowest BCUT2D eigenvalue weighted by molar-refractivity contribution is 0.0486. The molecule has 1 saturated carbocycles. The summed E-state index contributed by atoms with van der Waals surface area (Å²) in [6, 6.07) is 5.73. The van der Waals surface area contributed by atoms with E-state index in [1.54, 1.807) is 6.20 Å². The van der Waals surface area contributed by atoms with Crippen LogP contribution in [0, 0.1) is 0 Å². The number of hydrogen-bond donors (Lipinski definition) is 0. The average molecular weight is 340 g/mol. The van der Waals surface area contributed by atoms with E-state index < -0.39 is 0 Å². The molecule has 2 saturated heterocycles. The second-order valence-electron chi connectivity index (χ2n) is 7.84. The summed E-state index contributed by atoms with van der Waals surface area (Å²) in [7, 11) is 0. The molecular formula is C19H28N6. The lowest BCUT2D eigenvalue weighted by atomic mass is 9.93. The van der Waals surface area contributed by atoms with E-state index in [1.165, 1.54) is 58.3 Å². The third kappa shape index (κ3) is 3.02. The van der Waals surface area contributed by atoms with Gasteiger partial charge in [0.1, 0.15) is 5.82 Å². The van der Waals surface area contributed by atoms with Crippen molar-refractivity contribution in [2.45, 2.75) is 44.2 Å². The normalized spacial score (nSPS) is 24.7. The molecule has 0 atom stereocenters. The van der Waals surface area contributed by atoms with Gasteiger partial charge in [-0.25, -0.2) is 9.50 Å². The maximum Gasteiger partial charge on any atom is 0.153 e. The number of hydrogen-bond acceptors (Lipinski definition) is 5. The Morgan fingerprint density at radius 2 is 1.56 bits per heavy atom. The van der Waals surface area contributed by atoms with Gasteiger partial charge in [0.05, 0.1) is 0 Å². The molecule has 0 N–H and O–H groups in total. The van der Waals surface area contributed by atoms with Gasteiger partial charge < -0.3 is 4.90 Å². The lowest BCUT2D eigenvalue weighted by Gasteiger charge is -2.49. The van der Waals surface area contributed by atoms with Crippen LogP contribution in [0.1, 0.15) is 32.1 Å². The zero-order valence-corrected chi connectivity index (χ0v) is 14.9. The van der Waals surface area contributed by atoms with E-state index in [1.807, 2.05) is 10.7 Å². The van der Waals surface area contributed by atoms with Crippen LogP contribution in [0.2, 0.25) is 0 Å². The molecular weight excluding hydrogens is 312 g/mol. The average Bonchev–Trinajstić information content (AvgIpc) is 3.10. The first kappa shape index (κ1) is 15.6. The molecule has 3 fully saturated rings. The van der Waals surface area contributed by atoms with Crippen LogP contribution in [0.3, 0.4) is 0 Å². The van der Waals surface area contributed by atoms with Gasteiger partial charge in [-0.3, -0.25) is 9.80 Å². The Morgan fingerprint density at radius 3 is 2.32 bits per heavy atom. The van der Waals surface area contributed by atoms with Crippen molar-refractivity contribution in [1.29, 1.82) is 0 Å². The molecule has 0 unspecified atom stereocenters. The topological polar surface area (TPSA) is 39.9 Å². The third-order valence-corrected chi connectivity index (χ3v) is 6.38. The van der Waals surface area contributed by atoms with E-state index in [0.29, 0.717) is 6.04 Å². The smallest absolute Gasteiger partial charge is 0.153 e. The van der Waals surface area contributed by atoms with Crippen molar-refractivity contribution in [3.05, 3.63) is 24.5 Å².